The maximum Gasteiger partial charge on any atom is 0.322 e. The number of primary amides is 1. The fourth-order valence-electron chi connectivity index (χ4n) is 0.633. The Hall–Kier alpha value is -0.680. The van der Waals surface area contributed by atoms with E-state index in [9.17, 15) is 4.79 Å². The lowest BCUT2D eigenvalue weighted by molar-refractivity contribution is 0.254. The number of nitrogens with two attached hydrogens (primary N) is 1. The molecule has 64 valence electrons. The lowest BCUT2D eigenvalue weighted by Crippen LogP contribution is -2.22. The molecule has 0 spiro atoms. The van der Waals surface area contributed by atoms with Crippen LogP contribution in [0.15, 0.2) is 33.6 Å². The van der Waals surface area contributed by atoms with Crippen molar-refractivity contribution in [1.82, 2.24) is 4.72 Å². The van der Waals surface area contributed by atoms with E-state index in [1.165, 1.54) is 11.9 Å². The van der Waals surface area contributed by atoms with Gasteiger partial charge in [0.25, 0.3) is 0 Å². The molecule has 1 aromatic carbocycles. The van der Waals surface area contributed by atoms with E-state index < -0.39 is 6.03 Å². The number of carbonyl (C=O) groups is 1. The van der Waals surface area contributed by atoms with Gasteiger partial charge >= 0.3 is 6.03 Å². The van der Waals surface area contributed by atoms with Gasteiger partial charge in [-0.3, -0.25) is 4.72 Å². The summed E-state index contributed by atoms with van der Waals surface area (Å²) >= 11 is 4.52. The predicted octanol–water partition coefficient (Wildman–Crippen LogP) is 2.12. The average molecular weight is 247 g/mol. The summed E-state index contributed by atoms with van der Waals surface area (Å²) < 4.78 is 3.36. The molecule has 5 heteroatoms. The summed E-state index contributed by atoms with van der Waals surface area (Å²) in [5.74, 6) is 0. The average Bonchev–Trinajstić information content (AvgIpc) is 2.03. The summed E-state index contributed by atoms with van der Waals surface area (Å²) in [6, 6.07) is 7.01. The molecular weight excluding hydrogens is 240 g/mol. The highest BCUT2D eigenvalue weighted by Gasteiger charge is 1.99. The number of amides is 2. The van der Waals surface area contributed by atoms with Crippen molar-refractivity contribution in [3.63, 3.8) is 0 Å². The Balaban J connectivity index is 2.63. The zero-order chi connectivity index (χ0) is 8.97. The second-order valence-corrected chi connectivity index (χ2v) is 3.70. The van der Waals surface area contributed by atoms with Gasteiger partial charge in [0, 0.05) is 9.37 Å². The minimum atomic E-state index is -0.546. The summed E-state index contributed by atoms with van der Waals surface area (Å²) in [5, 5.41) is 0. The highest BCUT2D eigenvalue weighted by molar-refractivity contribution is 9.10. The van der Waals surface area contributed by atoms with Crippen LogP contribution in [0.1, 0.15) is 0 Å². The summed E-state index contributed by atoms with van der Waals surface area (Å²) in [6.45, 7) is 0. The van der Waals surface area contributed by atoms with Crippen molar-refractivity contribution < 1.29 is 4.79 Å². The molecule has 3 nitrogen and oxygen atoms in total. The Bertz CT molecular complexity index is 292. The van der Waals surface area contributed by atoms with Crippen molar-refractivity contribution in [2.24, 2.45) is 5.73 Å². The number of nitrogens with one attached hydrogen (secondary N) is 1. The Morgan fingerprint density at radius 1 is 1.50 bits per heavy atom. The van der Waals surface area contributed by atoms with Crippen molar-refractivity contribution in [2.75, 3.05) is 0 Å². The Morgan fingerprint density at radius 2 is 2.17 bits per heavy atom. The Morgan fingerprint density at radius 3 is 2.75 bits per heavy atom. The van der Waals surface area contributed by atoms with Crippen LogP contribution < -0.4 is 10.5 Å². The van der Waals surface area contributed by atoms with Crippen LogP contribution in [0.2, 0.25) is 0 Å². The van der Waals surface area contributed by atoms with Crippen LogP contribution in [0.4, 0.5) is 4.79 Å². The van der Waals surface area contributed by atoms with Gasteiger partial charge in [0.2, 0.25) is 0 Å². The highest BCUT2D eigenvalue weighted by Crippen LogP contribution is 2.24. The molecule has 2 amide bonds. The molecule has 0 saturated carbocycles. The largest absolute Gasteiger partial charge is 0.351 e. The summed E-state index contributed by atoms with van der Waals surface area (Å²) in [5.41, 5.74) is 4.90. The number of benzene rings is 1. The van der Waals surface area contributed by atoms with Gasteiger partial charge in [-0.25, -0.2) is 4.79 Å². The van der Waals surface area contributed by atoms with Gasteiger partial charge < -0.3 is 5.73 Å². The molecule has 12 heavy (non-hydrogen) atoms. The number of hydrogen-bond donors (Lipinski definition) is 2. The normalized spacial score (nSPS) is 9.42. The van der Waals surface area contributed by atoms with E-state index in [1.54, 1.807) is 0 Å². The fourth-order valence-corrected chi connectivity index (χ4v) is 1.68. The van der Waals surface area contributed by atoms with E-state index in [2.05, 4.69) is 20.7 Å². The quantitative estimate of drug-likeness (QED) is 0.786. The summed E-state index contributed by atoms with van der Waals surface area (Å²) in [4.78, 5) is 11.3. The fraction of sp³-hybridized carbons (Fsp3) is 0. The van der Waals surface area contributed by atoms with E-state index in [0.29, 0.717) is 0 Å². The lowest BCUT2D eigenvalue weighted by atomic mass is 10.4. The Labute approximate surface area is 83.0 Å². The molecule has 0 saturated heterocycles. The van der Waals surface area contributed by atoms with E-state index in [0.717, 1.165) is 9.37 Å². The van der Waals surface area contributed by atoms with E-state index in [1.807, 2.05) is 24.3 Å². The first kappa shape index (κ1) is 9.41. The Kier molecular flexibility index (Phi) is 3.43. The topological polar surface area (TPSA) is 55.1 Å². The first-order chi connectivity index (χ1) is 5.70. The van der Waals surface area contributed by atoms with Gasteiger partial charge in [-0.15, -0.1) is 0 Å². The van der Waals surface area contributed by atoms with Gasteiger partial charge in [0.1, 0.15) is 0 Å². The first-order valence-electron chi connectivity index (χ1n) is 3.17. The molecule has 0 aliphatic rings. The van der Waals surface area contributed by atoms with E-state index in [4.69, 9.17) is 5.73 Å². The molecule has 0 aliphatic heterocycles. The minimum absolute atomic E-state index is 0.546. The predicted molar refractivity (Wildman–Crippen MR) is 52.7 cm³/mol. The molecule has 0 atom stereocenters. The van der Waals surface area contributed by atoms with Crippen molar-refractivity contribution in [2.45, 2.75) is 4.90 Å². The molecule has 0 aromatic heterocycles. The number of urea groups is 1. The molecule has 1 rings (SSSR count). The van der Waals surface area contributed by atoms with Crippen LogP contribution >= 0.6 is 27.9 Å². The van der Waals surface area contributed by atoms with Gasteiger partial charge in [-0.1, -0.05) is 12.1 Å². The van der Waals surface area contributed by atoms with Crippen LogP contribution in [0, 0.1) is 0 Å². The van der Waals surface area contributed by atoms with Gasteiger partial charge in [-0.2, -0.15) is 0 Å². The van der Waals surface area contributed by atoms with Gasteiger partial charge in [0.15, 0.2) is 0 Å². The third kappa shape index (κ3) is 2.75. The number of halogens is 1. The van der Waals surface area contributed by atoms with Crippen LogP contribution in [0.5, 0.6) is 0 Å². The van der Waals surface area contributed by atoms with E-state index in [-0.39, 0.29) is 0 Å². The molecule has 0 aliphatic carbocycles. The van der Waals surface area contributed by atoms with Crippen molar-refractivity contribution in [3.8, 4) is 0 Å². The second kappa shape index (κ2) is 4.37. The number of rotatable bonds is 2. The van der Waals surface area contributed by atoms with Gasteiger partial charge in [0.05, 0.1) is 0 Å². The maximum atomic E-state index is 10.4. The highest BCUT2D eigenvalue weighted by atomic mass is 79.9. The number of hydrogen-bond acceptors (Lipinski definition) is 2. The van der Waals surface area contributed by atoms with Crippen molar-refractivity contribution in [1.29, 1.82) is 0 Å². The molecule has 0 heterocycles. The number of carbonyl (C=O) groups excluding carboxylic acids is 1. The van der Waals surface area contributed by atoms with Crippen molar-refractivity contribution in [3.05, 3.63) is 28.7 Å². The molecule has 3 N–H and O–H groups in total. The molecule has 0 bridgehead atoms. The lowest BCUT2D eigenvalue weighted by Gasteiger charge is -2.01. The van der Waals surface area contributed by atoms with Crippen LogP contribution in [0.3, 0.4) is 0 Å². The summed E-state index contributed by atoms with van der Waals surface area (Å²) in [6.07, 6.45) is 0. The third-order valence-corrected chi connectivity index (χ3v) is 2.93. The van der Waals surface area contributed by atoms with Crippen LogP contribution in [-0.4, -0.2) is 6.03 Å². The van der Waals surface area contributed by atoms with E-state index >= 15 is 0 Å². The minimum Gasteiger partial charge on any atom is -0.351 e. The summed E-state index contributed by atoms with van der Waals surface area (Å²) in [7, 11) is 0. The second-order valence-electron chi connectivity index (χ2n) is 2.00. The molecule has 1 aromatic rings. The van der Waals surface area contributed by atoms with Crippen LogP contribution in [0.25, 0.3) is 0 Å². The SMILES string of the molecule is NC(=O)NSc1ccccc1Br. The smallest absolute Gasteiger partial charge is 0.322 e. The third-order valence-electron chi connectivity index (χ3n) is 1.10. The standard InChI is InChI=1S/C7H7BrN2OS/c8-5-3-1-2-4-6(5)12-10-7(9)11/h1-4H,(H3,9,10,11). The van der Waals surface area contributed by atoms with Gasteiger partial charge in [-0.05, 0) is 40.0 Å². The monoisotopic (exact) mass is 246 g/mol. The van der Waals surface area contributed by atoms with Crippen molar-refractivity contribution >= 4 is 33.9 Å². The maximum absolute atomic E-state index is 10.4. The zero-order valence-corrected chi connectivity index (χ0v) is 8.48. The first-order valence-corrected chi connectivity index (χ1v) is 4.78. The molecule has 0 radical (unpaired) electrons. The molecule has 0 fully saturated rings. The van der Waals surface area contributed by atoms with Crippen LogP contribution in [-0.2, 0) is 0 Å². The zero-order valence-electron chi connectivity index (χ0n) is 6.08. The molecular formula is C7H7BrN2OS. The molecule has 0 unspecified atom stereocenters.